The van der Waals surface area contributed by atoms with Gasteiger partial charge in [-0.25, -0.2) is 0 Å². The highest BCUT2D eigenvalue weighted by molar-refractivity contribution is 5.36. The van der Waals surface area contributed by atoms with E-state index in [-0.39, 0.29) is 6.04 Å². The van der Waals surface area contributed by atoms with Gasteiger partial charge in [0.2, 0.25) is 0 Å². The largest absolute Gasteiger partial charge is 0.323 e. The Bertz CT molecular complexity index is 470. The molecule has 3 atom stereocenters. The maximum atomic E-state index is 6.61. The Balaban J connectivity index is 1.80. The number of likely N-dealkylation sites (tertiary alicyclic amines) is 1. The van der Waals surface area contributed by atoms with E-state index in [1.807, 2.05) is 0 Å². The van der Waals surface area contributed by atoms with E-state index in [2.05, 4.69) is 49.9 Å². The second-order valence-electron chi connectivity index (χ2n) is 7.56. The molecule has 0 radical (unpaired) electrons. The lowest BCUT2D eigenvalue weighted by molar-refractivity contribution is 0.0709. The highest BCUT2D eigenvalue weighted by Crippen LogP contribution is 2.40. The van der Waals surface area contributed by atoms with Crippen LogP contribution in [0, 0.1) is 5.41 Å². The second-order valence-corrected chi connectivity index (χ2v) is 7.56. The molecule has 1 aliphatic heterocycles. The maximum absolute atomic E-state index is 6.61. The summed E-state index contributed by atoms with van der Waals surface area (Å²) < 4.78 is 0. The first-order chi connectivity index (χ1) is 9.48. The summed E-state index contributed by atoms with van der Waals surface area (Å²) in [7, 11) is 0. The van der Waals surface area contributed by atoms with E-state index in [9.17, 15) is 0 Å². The van der Waals surface area contributed by atoms with Crippen LogP contribution in [0.15, 0.2) is 24.3 Å². The number of rotatable bonds is 1. The molecule has 0 saturated carbocycles. The van der Waals surface area contributed by atoms with Crippen molar-refractivity contribution in [2.45, 2.75) is 58.0 Å². The zero-order valence-electron chi connectivity index (χ0n) is 13.1. The summed E-state index contributed by atoms with van der Waals surface area (Å²) in [6, 6.07) is 9.48. The Kier molecular flexibility index (Phi) is 3.64. The van der Waals surface area contributed by atoms with E-state index < -0.39 is 0 Å². The highest BCUT2D eigenvalue weighted by atomic mass is 15.2. The van der Waals surface area contributed by atoms with Crippen LogP contribution < -0.4 is 5.73 Å². The number of fused-ring (bicyclic) bond motifs is 1. The maximum Gasteiger partial charge on any atom is 0.0456 e. The Morgan fingerprint density at radius 2 is 1.70 bits per heavy atom. The summed E-state index contributed by atoms with van der Waals surface area (Å²) in [5.74, 6) is 0.630. The number of hydrogen-bond donors (Lipinski definition) is 1. The van der Waals surface area contributed by atoms with Crippen LogP contribution in [0.2, 0.25) is 0 Å². The van der Waals surface area contributed by atoms with E-state index in [0.29, 0.717) is 17.4 Å². The molecule has 110 valence electrons. The van der Waals surface area contributed by atoms with Crippen molar-refractivity contribution in [3.63, 3.8) is 0 Å². The van der Waals surface area contributed by atoms with Crippen LogP contribution in [0.1, 0.15) is 63.1 Å². The molecule has 2 heteroatoms. The van der Waals surface area contributed by atoms with E-state index in [4.69, 9.17) is 5.73 Å². The van der Waals surface area contributed by atoms with Gasteiger partial charge in [0.1, 0.15) is 0 Å². The third-order valence-electron chi connectivity index (χ3n) is 5.52. The van der Waals surface area contributed by atoms with Gasteiger partial charge in [-0.3, -0.25) is 4.90 Å². The quantitative estimate of drug-likeness (QED) is 0.845. The Labute approximate surface area is 123 Å². The number of hydrogen-bond acceptors (Lipinski definition) is 2. The molecule has 2 nitrogen and oxygen atoms in total. The third kappa shape index (κ3) is 2.51. The molecular weight excluding hydrogens is 244 g/mol. The topological polar surface area (TPSA) is 29.3 Å². The summed E-state index contributed by atoms with van der Waals surface area (Å²) in [5, 5.41) is 0. The molecule has 1 fully saturated rings. The van der Waals surface area contributed by atoms with Crippen molar-refractivity contribution < 1.29 is 0 Å². The Hall–Kier alpha value is -0.860. The standard InChI is InChI=1S/C18H28N2/c1-13-12-16(20-10-8-18(2,3)9-11-20)17(19)15-7-5-4-6-14(13)15/h4-7,13,16-17H,8-12,19H2,1-3H3. The molecule has 3 rings (SSSR count). The highest BCUT2D eigenvalue weighted by Gasteiger charge is 2.37. The van der Waals surface area contributed by atoms with Gasteiger partial charge in [0.25, 0.3) is 0 Å². The van der Waals surface area contributed by atoms with Crippen molar-refractivity contribution in [2.24, 2.45) is 11.1 Å². The van der Waals surface area contributed by atoms with Gasteiger partial charge in [-0.15, -0.1) is 0 Å². The minimum Gasteiger partial charge on any atom is -0.323 e. The number of nitrogens with two attached hydrogens (primary N) is 1. The minimum absolute atomic E-state index is 0.184. The monoisotopic (exact) mass is 272 g/mol. The van der Waals surface area contributed by atoms with Crippen LogP contribution in [0.25, 0.3) is 0 Å². The van der Waals surface area contributed by atoms with Crippen molar-refractivity contribution >= 4 is 0 Å². The summed E-state index contributed by atoms with van der Waals surface area (Å²) >= 11 is 0. The second kappa shape index (κ2) is 5.16. The lowest BCUT2D eigenvalue weighted by atomic mass is 9.76. The SMILES string of the molecule is CC1CC(N2CCC(C)(C)CC2)C(N)c2ccccc21. The zero-order valence-corrected chi connectivity index (χ0v) is 13.1. The van der Waals surface area contributed by atoms with Crippen LogP contribution in [0.3, 0.4) is 0 Å². The summed E-state index contributed by atoms with van der Waals surface area (Å²) in [4.78, 5) is 2.66. The van der Waals surface area contributed by atoms with Gasteiger partial charge >= 0.3 is 0 Å². The van der Waals surface area contributed by atoms with Gasteiger partial charge in [0, 0.05) is 12.1 Å². The molecule has 2 N–H and O–H groups in total. The minimum atomic E-state index is 0.184. The first kappa shape index (κ1) is 14.1. The molecule has 0 amide bonds. The number of benzene rings is 1. The molecular formula is C18H28N2. The predicted molar refractivity (Wildman–Crippen MR) is 84.8 cm³/mol. The van der Waals surface area contributed by atoms with Gasteiger partial charge in [-0.1, -0.05) is 45.0 Å². The molecule has 0 aromatic heterocycles. The molecule has 20 heavy (non-hydrogen) atoms. The zero-order chi connectivity index (χ0) is 14.3. The average Bonchev–Trinajstić information content (AvgIpc) is 2.43. The Morgan fingerprint density at radius 3 is 2.35 bits per heavy atom. The molecule has 0 bridgehead atoms. The lowest BCUT2D eigenvalue weighted by Gasteiger charge is -2.46. The van der Waals surface area contributed by atoms with Crippen molar-refractivity contribution in [3.05, 3.63) is 35.4 Å². The summed E-state index contributed by atoms with van der Waals surface area (Å²) in [6.45, 7) is 9.55. The van der Waals surface area contributed by atoms with Crippen LogP contribution in [0.4, 0.5) is 0 Å². The summed E-state index contributed by atoms with van der Waals surface area (Å²) in [5.41, 5.74) is 9.96. The van der Waals surface area contributed by atoms with E-state index in [1.54, 1.807) is 0 Å². The predicted octanol–water partition coefficient (Wildman–Crippen LogP) is 3.68. The van der Waals surface area contributed by atoms with Gasteiger partial charge in [0.15, 0.2) is 0 Å². The summed E-state index contributed by atoms with van der Waals surface area (Å²) in [6.07, 6.45) is 3.80. The van der Waals surface area contributed by atoms with Gasteiger partial charge in [-0.05, 0) is 54.8 Å². The first-order valence-electron chi connectivity index (χ1n) is 8.06. The molecule has 0 spiro atoms. The van der Waals surface area contributed by atoms with Crippen molar-refractivity contribution in [1.29, 1.82) is 0 Å². The molecule has 1 aliphatic carbocycles. The smallest absolute Gasteiger partial charge is 0.0456 e. The van der Waals surface area contributed by atoms with Crippen LogP contribution in [0.5, 0.6) is 0 Å². The average molecular weight is 272 g/mol. The lowest BCUT2D eigenvalue weighted by Crippen LogP contribution is -2.50. The van der Waals surface area contributed by atoms with Gasteiger partial charge in [-0.2, -0.15) is 0 Å². The fourth-order valence-corrected chi connectivity index (χ4v) is 3.94. The fourth-order valence-electron chi connectivity index (χ4n) is 3.94. The fraction of sp³-hybridized carbons (Fsp3) is 0.667. The Morgan fingerprint density at radius 1 is 1.10 bits per heavy atom. The van der Waals surface area contributed by atoms with Crippen LogP contribution in [-0.4, -0.2) is 24.0 Å². The van der Waals surface area contributed by atoms with Gasteiger partial charge < -0.3 is 5.73 Å². The van der Waals surface area contributed by atoms with Crippen molar-refractivity contribution in [2.75, 3.05) is 13.1 Å². The van der Waals surface area contributed by atoms with Gasteiger partial charge in [0.05, 0.1) is 0 Å². The normalized spacial score (nSPS) is 33.7. The van der Waals surface area contributed by atoms with Crippen molar-refractivity contribution in [1.82, 2.24) is 4.90 Å². The number of nitrogens with zero attached hydrogens (tertiary/aromatic N) is 1. The van der Waals surface area contributed by atoms with E-state index in [0.717, 1.165) is 0 Å². The molecule has 1 heterocycles. The molecule has 1 aromatic carbocycles. The molecule has 1 saturated heterocycles. The first-order valence-corrected chi connectivity index (χ1v) is 8.06. The number of piperidine rings is 1. The molecule has 3 unspecified atom stereocenters. The van der Waals surface area contributed by atoms with E-state index in [1.165, 1.54) is 43.5 Å². The third-order valence-corrected chi connectivity index (χ3v) is 5.52. The van der Waals surface area contributed by atoms with Crippen molar-refractivity contribution in [3.8, 4) is 0 Å². The van der Waals surface area contributed by atoms with E-state index >= 15 is 0 Å². The van der Waals surface area contributed by atoms with Crippen LogP contribution in [-0.2, 0) is 0 Å². The van der Waals surface area contributed by atoms with Crippen LogP contribution >= 0.6 is 0 Å². The molecule has 1 aromatic rings. The molecule has 2 aliphatic rings.